The highest BCUT2D eigenvalue weighted by molar-refractivity contribution is 5.58. The standard InChI is InChI=1S/C27H38N2O2/c1-21-4-6-22(7-5-21)8-9-23-10-12-24(13-11-23)28-16-18-29(19-17-28)25-14-15-26(30-2)27(20-25)31-3/h10-15,20-22H,4-9,16-19H2,1-3H3. The van der Waals surface area contributed by atoms with Gasteiger partial charge in [-0.15, -0.1) is 0 Å². The monoisotopic (exact) mass is 422 g/mol. The Hall–Kier alpha value is -2.36. The average Bonchev–Trinajstić information content (AvgIpc) is 2.83. The van der Waals surface area contributed by atoms with Gasteiger partial charge in [0.05, 0.1) is 14.2 Å². The largest absolute Gasteiger partial charge is 0.493 e. The Bertz CT molecular complexity index is 820. The molecule has 4 heteroatoms. The minimum absolute atomic E-state index is 0.781. The molecule has 2 aromatic rings. The van der Waals surface area contributed by atoms with Crippen LogP contribution in [-0.4, -0.2) is 40.4 Å². The van der Waals surface area contributed by atoms with E-state index < -0.39 is 0 Å². The molecule has 1 heterocycles. The first-order valence-corrected chi connectivity index (χ1v) is 12.0. The number of nitrogens with zero attached hydrogens (tertiary/aromatic N) is 2. The number of hydrogen-bond donors (Lipinski definition) is 0. The highest BCUT2D eigenvalue weighted by Crippen LogP contribution is 2.33. The van der Waals surface area contributed by atoms with E-state index in [1.165, 1.54) is 55.5 Å². The first kappa shape index (κ1) is 21.9. The van der Waals surface area contributed by atoms with Crippen molar-refractivity contribution in [3.63, 3.8) is 0 Å². The zero-order valence-electron chi connectivity index (χ0n) is 19.5. The van der Waals surface area contributed by atoms with Crippen LogP contribution in [0.2, 0.25) is 0 Å². The summed E-state index contributed by atoms with van der Waals surface area (Å²) < 4.78 is 10.8. The SMILES string of the molecule is COc1ccc(N2CCN(c3ccc(CCC4CCC(C)CC4)cc3)CC2)cc1OC. The van der Waals surface area contributed by atoms with Crippen LogP contribution in [0.1, 0.15) is 44.6 Å². The summed E-state index contributed by atoms with van der Waals surface area (Å²) in [6.07, 6.45) is 8.31. The maximum atomic E-state index is 5.47. The molecule has 4 nitrogen and oxygen atoms in total. The summed E-state index contributed by atoms with van der Waals surface area (Å²) in [7, 11) is 3.37. The van der Waals surface area contributed by atoms with Crippen molar-refractivity contribution >= 4 is 11.4 Å². The molecular weight excluding hydrogens is 384 g/mol. The summed E-state index contributed by atoms with van der Waals surface area (Å²) in [4.78, 5) is 4.93. The van der Waals surface area contributed by atoms with Crippen molar-refractivity contribution in [2.24, 2.45) is 11.8 Å². The predicted octanol–water partition coefficient (Wildman–Crippen LogP) is 5.79. The van der Waals surface area contributed by atoms with Crippen molar-refractivity contribution in [3.8, 4) is 11.5 Å². The van der Waals surface area contributed by atoms with Gasteiger partial charge in [-0.2, -0.15) is 0 Å². The van der Waals surface area contributed by atoms with Crippen molar-refractivity contribution in [1.82, 2.24) is 0 Å². The van der Waals surface area contributed by atoms with Crippen LogP contribution < -0.4 is 19.3 Å². The second-order valence-corrected chi connectivity index (χ2v) is 9.34. The van der Waals surface area contributed by atoms with Crippen LogP contribution >= 0.6 is 0 Å². The Morgan fingerprint density at radius 1 is 0.742 bits per heavy atom. The van der Waals surface area contributed by atoms with Crippen molar-refractivity contribution < 1.29 is 9.47 Å². The molecule has 1 saturated heterocycles. The molecule has 1 aliphatic carbocycles. The molecule has 0 spiro atoms. The van der Waals surface area contributed by atoms with Gasteiger partial charge >= 0.3 is 0 Å². The smallest absolute Gasteiger partial charge is 0.162 e. The van der Waals surface area contributed by atoms with Crippen LogP contribution in [0.4, 0.5) is 11.4 Å². The highest BCUT2D eigenvalue weighted by Gasteiger charge is 2.20. The van der Waals surface area contributed by atoms with Gasteiger partial charge in [-0.25, -0.2) is 0 Å². The van der Waals surface area contributed by atoms with E-state index >= 15 is 0 Å². The number of methoxy groups -OCH3 is 2. The van der Waals surface area contributed by atoms with Crippen LogP contribution in [0.3, 0.4) is 0 Å². The Morgan fingerprint density at radius 3 is 1.94 bits per heavy atom. The van der Waals surface area contributed by atoms with E-state index in [4.69, 9.17) is 9.47 Å². The third kappa shape index (κ3) is 5.47. The van der Waals surface area contributed by atoms with E-state index in [2.05, 4.69) is 53.1 Å². The van der Waals surface area contributed by atoms with E-state index in [-0.39, 0.29) is 0 Å². The minimum atomic E-state index is 0.781. The summed E-state index contributed by atoms with van der Waals surface area (Å²) in [6, 6.07) is 15.5. The molecule has 1 aliphatic heterocycles. The molecular formula is C27H38N2O2. The van der Waals surface area contributed by atoms with E-state index in [0.717, 1.165) is 49.5 Å². The molecule has 0 bridgehead atoms. The Morgan fingerprint density at radius 2 is 1.32 bits per heavy atom. The number of aryl methyl sites for hydroxylation is 1. The number of ether oxygens (including phenoxy) is 2. The first-order valence-electron chi connectivity index (χ1n) is 12.0. The summed E-state index contributed by atoms with van der Waals surface area (Å²) in [5, 5.41) is 0. The molecule has 2 aliphatic rings. The van der Waals surface area contributed by atoms with Crippen LogP contribution in [0.25, 0.3) is 0 Å². The van der Waals surface area contributed by atoms with Crippen molar-refractivity contribution in [1.29, 1.82) is 0 Å². The molecule has 2 aromatic carbocycles. The first-order chi connectivity index (χ1) is 15.2. The van der Waals surface area contributed by atoms with E-state index in [1.54, 1.807) is 14.2 Å². The second kappa shape index (κ2) is 10.3. The topological polar surface area (TPSA) is 24.9 Å². The van der Waals surface area contributed by atoms with Crippen molar-refractivity contribution in [2.45, 2.75) is 45.4 Å². The Balaban J connectivity index is 1.28. The third-order valence-electron chi connectivity index (χ3n) is 7.29. The van der Waals surface area contributed by atoms with Gasteiger partial charge in [0.2, 0.25) is 0 Å². The highest BCUT2D eigenvalue weighted by atomic mass is 16.5. The summed E-state index contributed by atoms with van der Waals surface area (Å²) >= 11 is 0. The Kier molecular flexibility index (Phi) is 7.26. The van der Waals surface area contributed by atoms with Gasteiger partial charge in [-0.1, -0.05) is 44.7 Å². The third-order valence-corrected chi connectivity index (χ3v) is 7.29. The summed E-state index contributed by atoms with van der Waals surface area (Å²) in [5.74, 6) is 3.46. The zero-order chi connectivity index (χ0) is 21.6. The lowest BCUT2D eigenvalue weighted by atomic mass is 9.80. The maximum absolute atomic E-state index is 5.47. The Labute approximate surface area is 188 Å². The summed E-state index contributed by atoms with van der Waals surface area (Å²) in [6.45, 7) is 6.50. The fourth-order valence-electron chi connectivity index (χ4n) is 5.11. The molecule has 0 aromatic heterocycles. The average molecular weight is 423 g/mol. The predicted molar refractivity (Wildman–Crippen MR) is 130 cm³/mol. The maximum Gasteiger partial charge on any atom is 0.162 e. The van der Waals surface area contributed by atoms with Gasteiger partial charge in [0, 0.05) is 43.6 Å². The minimum Gasteiger partial charge on any atom is -0.493 e. The van der Waals surface area contributed by atoms with E-state index in [9.17, 15) is 0 Å². The molecule has 168 valence electrons. The lowest BCUT2D eigenvalue weighted by molar-refractivity contribution is 0.278. The van der Waals surface area contributed by atoms with Crippen LogP contribution in [0, 0.1) is 11.8 Å². The normalized spacial score (nSPS) is 21.8. The molecule has 0 N–H and O–H groups in total. The molecule has 31 heavy (non-hydrogen) atoms. The van der Waals surface area contributed by atoms with Gasteiger partial charge in [0.1, 0.15) is 0 Å². The van der Waals surface area contributed by atoms with Gasteiger partial charge < -0.3 is 19.3 Å². The molecule has 2 fully saturated rings. The zero-order valence-corrected chi connectivity index (χ0v) is 19.5. The van der Waals surface area contributed by atoms with E-state index in [1.807, 2.05) is 6.07 Å². The van der Waals surface area contributed by atoms with Gasteiger partial charge in [0.15, 0.2) is 11.5 Å². The lowest BCUT2D eigenvalue weighted by Gasteiger charge is -2.37. The fourth-order valence-corrected chi connectivity index (χ4v) is 5.11. The van der Waals surface area contributed by atoms with E-state index in [0.29, 0.717) is 0 Å². The summed E-state index contributed by atoms with van der Waals surface area (Å²) in [5.41, 5.74) is 4.04. The molecule has 0 unspecified atom stereocenters. The number of hydrogen-bond acceptors (Lipinski definition) is 4. The second-order valence-electron chi connectivity index (χ2n) is 9.34. The van der Waals surface area contributed by atoms with Gasteiger partial charge in [-0.3, -0.25) is 0 Å². The molecule has 4 rings (SSSR count). The van der Waals surface area contributed by atoms with Gasteiger partial charge in [0.25, 0.3) is 0 Å². The number of rotatable bonds is 7. The molecule has 0 atom stereocenters. The van der Waals surface area contributed by atoms with Crippen molar-refractivity contribution in [2.75, 3.05) is 50.2 Å². The number of anilines is 2. The molecule has 1 saturated carbocycles. The molecule has 0 amide bonds. The van der Waals surface area contributed by atoms with Crippen molar-refractivity contribution in [3.05, 3.63) is 48.0 Å². The van der Waals surface area contributed by atoms with Crippen LogP contribution in [0.5, 0.6) is 11.5 Å². The van der Waals surface area contributed by atoms with Crippen LogP contribution in [0.15, 0.2) is 42.5 Å². The number of benzene rings is 2. The lowest BCUT2D eigenvalue weighted by Crippen LogP contribution is -2.46. The quantitative estimate of drug-likeness (QED) is 0.564. The van der Waals surface area contributed by atoms with Gasteiger partial charge in [-0.05, 0) is 54.5 Å². The fraction of sp³-hybridized carbons (Fsp3) is 0.556. The molecule has 0 radical (unpaired) electrons. The number of piperazine rings is 1. The van der Waals surface area contributed by atoms with Crippen LogP contribution in [-0.2, 0) is 6.42 Å².